The molecule has 0 atom stereocenters. The largest absolute Gasteiger partial charge is 0.497 e. The summed E-state index contributed by atoms with van der Waals surface area (Å²) in [7, 11) is 7.49. The van der Waals surface area contributed by atoms with Gasteiger partial charge in [-0.05, 0) is 152 Å². The lowest BCUT2D eigenvalue weighted by molar-refractivity contribution is 0.411. The number of fused-ring (bicyclic) bond motifs is 4. The minimum atomic E-state index is 0.241. The number of methoxy groups -OCH3 is 2. The van der Waals surface area contributed by atoms with Crippen LogP contribution in [0.4, 0.5) is 52.8 Å². The van der Waals surface area contributed by atoms with Crippen molar-refractivity contribution in [3.8, 4) is 11.5 Å². The van der Waals surface area contributed by atoms with Crippen LogP contribution in [0.25, 0.3) is 44.7 Å². The third-order valence-corrected chi connectivity index (χ3v) is 19.8. The number of ether oxygens (including phenoxy) is 2. The van der Waals surface area contributed by atoms with Crippen LogP contribution in [-0.2, 0) is 39.3 Å². The zero-order chi connectivity index (χ0) is 81.6. The maximum atomic E-state index is 5.22. The van der Waals surface area contributed by atoms with E-state index in [9.17, 15) is 0 Å². The van der Waals surface area contributed by atoms with E-state index in [0.29, 0.717) is 55.9 Å². The third-order valence-electron chi connectivity index (χ3n) is 19.8. The number of benzene rings is 7. The smallest absolute Gasteiger partial charge is 0.231 e. The van der Waals surface area contributed by atoms with Crippen LogP contribution in [-0.4, -0.2) is 137 Å². The highest BCUT2D eigenvalue weighted by molar-refractivity contribution is 5.87. The first-order valence-electron chi connectivity index (χ1n) is 40.1. The van der Waals surface area contributed by atoms with Gasteiger partial charge in [0.1, 0.15) is 11.5 Å². The summed E-state index contributed by atoms with van der Waals surface area (Å²) in [5, 5.41) is 20.4. The quantitative estimate of drug-likeness (QED) is 0.0244. The maximum absolute atomic E-state index is 5.22. The fourth-order valence-electron chi connectivity index (χ4n) is 13.2. The Morgan fingerprint density at radius 3 is 1.09 bits per heavy atom. The molecule has 0 bridgehead atoms. The van der Waals surface area contributed by atoms with E-state index in [1.54, 1.807) is 14.2 Å². The first-order valence-corrected chi connectivity index (χ1v) is 40.1. The standard InChI is InChI=1S/C26H33N7.C23H26N6O.C22H24N6O.C19H24N6/c1-20(2)33-19-28-23-24(27-17-21-11-7-5-8-12-21)29-26(30-25(23)33)32(16-15-31(3)4)18-22-13-9-6-10-14-22;1-16(2)29-15-26-20-21(24-13-17-7-5-4-6-8-17)27-23(28-22(20)29)25-14-18-9-11-19(30-3)12-10-18;1-15(2)28-14-24-19-20(23-13-16-7-5-4-6-8-16)26-22(27-21(19)28)25-17-9-11-18(29-3)12-10-17;1-14(2)25-13-21-16-17(20-12-15-8-4-3-5-9-15)22-19(23-18(16)25)24-10-6-7-11-24/h5-14,19-20H,15-18H2,1-4H3,(H,27,29,30);4-12,15-16H,13-14H2,1-3H3,(H2,24,25,27,28);4-12,14-15H,13H2,1-3H3,(H2,23,25,26,27);3-5,8-9,13-14H,6-7,10-12H2,1-2H3,(H,20,22,23). The van der Waals surface area contributed by atoms with Crippen LogP contribution in [0.5, 0.6) is 11.5 Å². The SMILES string of the molecule is CC(C)n1cnc2c(NCc3ccccc3)nc(N(CCN(C)C)Cc3ccccc3)nc21.CC(C)n1cnc2c(NCc3ccccc3)nc(N3CCCC3)nc21.COc1ccc(CNc2nc(NCc3ccccc3)c3ncn(C(C)C)c3n2)cc1.COc1ccc(Nc2nc(NCc3ccccc3)c3ncn(C(C)C)c3n2)cc1. The molecular weight excluding hydrogens is 1460 g/mol. The molecule has 27 heteroatoms. The molecule has 604 valence electrons. The summed E-state index contributed by atoms with van der Waals surface area (Å²) < 4.78 is 18.8. The summed E-state index contributed by atoms with van der Waals surface area (Å²) >= 11 is 0. The average molecular weight is 1570 g/mol. The van der Waals surface area contributed by atoms with Gasteiger partial charge in [0, 0.05) is 95.3 Å². The number of anilines is 9. The van der Waals surface area contributed by atoms with Gasteiger partial charge in [0.05, 0.1) is 39.5 Å². The second-order valence-electron chi connectivity index (χ2n) is 30.0. The van der Waals surface area contributed by atoms with Crippen LogP contribution < -0.4 is 51.2 Å². The van der Waals surface area contributed by atoms with Crippen molar-refractivity contribution in [3.63, 3.8) is 0 Å². The van der Waals surface area contributed by atoms with Crippen molar-refractivity contribution in [2.45, 2.75) is 132 Å². The predicted molar refractivity (Wildman–Crippen MR) is 472 cm³/mol. The molecule has 16 rings (SSSR count). The van der Waals surface area contributed by atoms with E-state index in [0.717, 1.165) is 130 Å². The first-order chi connectivity index (χ1) is 57.0. The van der Waals surface area contributed by atoms with Crippen molar-refractivity contribution in [3.05, 3.63) is 259 Å². The van der Waals surface area contributed by atoms with Gasteiger partial charge in [0.25, 0.3) is 0 Å². The number of hydrogen-bond acceptors (Lipinski definition) is 23. The Labute approximate surface area is 684 Å². The van der Waals surface area contributed by atoms with Crippen LogP contribution in [0.15, 0.2) is 225 Å². The van der Waals surface area contributed by atoms with Crippen LogP contribution >= 0.6 is 0 Å². The van der Waals surface area contributed by atoms with Crippen molar-refractivity contribution in [1.29, 1.82) is 0 Å². The molecule has 7 aromatic carbocycles. The molecule has 8 aromatic heterocycles. The van der Waals surface area contributed by atoms with Crippen molar-refractivity contribution < 1.29 is 9.47 Å². The number of nitrogens with one attached hydrogen (secondary N) is 6. The lowest BCUT2D eigenvalue weighted by atomic mass is 10.2. The Morgan fingerprint density at radius 1 is 0.350 bits per heavy atom. The zero-order valence-corrected chi connectivity index (χ0v) is 69.0. The molecule has 1 aliphatic rings. The average Bonchev–Trinajstić information content (AvgIpc) is 1.69. The zero-order valence-electron chi connectivity index (χ0n) is 69.0. The second-order valence-corrected chi connectivity index (χ2v) is 30.0. The van der Waals surface area contributed by atoms with Crippen molar-refractivity contribution >= 4 is 97.4 Å². The summed E-state index contributed by atoms with van der Waals surface area (Å²) in [5.74, 6) is 7.25. The fourth-order valence-corrected chi connectivity index (χ4v) is 13.2. The number of nitrogens with zero attached hydrogens (tertiary/aromatic N) is 19. The highest BCUT2D eigenvalue weighted by Crippen LogP contribution is 2.32. The van der Waals surface area contributed by atoms with E-state index in [1.165, 1.54) is 40.7 Å². The molecule has 0 unspecified atom stereocenters. The Kier molecular flexibility index (Phi) is 27.7. The van der Waals surface area contributed by atoms with Crippen molar-refractivity contribution in [2.75, 3.05) is 96.2 Å². The van der Waals surface area contributed by atoms with Gasteiger partial charge in [-0.15, -0.1) is 0 Å². The number of rotatable bonds is 30. The second kappa shape index (κ2) is 39.6. The molecule has 1 aliphatic heterocycles. The molecular formula is C90H107N25O2. The number of likely N-dealkylation sites (N-methyl/N-ethyl adjacent to an activating group) is 1. The summed E-state index contributed by atoms with van der Waals surface area (Å²) in [5.41, 5.74) is 14.6. The summed E-state index contributed by atoms with van der Waals surface area (Å²) in [4.78, 5) is 63.5. The van der Waals surface area contributed by atoms with Gasteiger partial charge in [-0.1, -0.05) is 164 Å². The van der Waals surface area contributed by atoms with E-state index in [2.05, 4.69) is 240 Å². The van der Waals surface area contributed by atoms with Gasteiger partial charge in [-0.2, -0.15) is 39.9 Å². The Balaban J connectivity index is 0.000000136. The fraction of sp³-hybridized carbons (Fsp3) is 0.311. The molecule has 27 nitrogen and oxygen atoms in total. The van der Waals surface area contributed by atoms with Gasteiger partial charge in [-0.3, -0.25) is 0 Å². The van der Waals surface area contributed by atoms with Crippen LogP contribution in [0.2, 0.25) is 0 Å². The van der Waals surface area contributed by atoms with E-state index >= 15 is 0 Å². The number of aromatic nitrogens is 16. The molecule has 0 radical (unpaired) electrons. The van der Waals surface area contributed by atoms with Gasteiger partial charge in [0.15, 0.2) is 67.9 Å². The lowest BCUT2D eigenvalue weighted by Crippen LogP contribution is -2.32. The monoisotopic (exact) mass is 1570 g/mol. The Bertz CT molecular complexity index is 5580. The van der Waals surface area contributed by atoms with E-state index in [-0.39, 0.29) is 18.1 Å². The molecule has 6 N–H and O–H groups in total. The summed E-state index contributed by atoms with van der Waals surface area (Å²) in [6.45, 7) is 24.9. The minimum Gasteiger partial charge on any atom is -0.497 e. The lowest BCUT2D eigenvalue weighted by Gasteiger charge is -2.25. The third kappa shape index (κ3) is 21.6. The van der Waals surface area contributed by atoms with Gasteiger partial charge in [0.2, 0.25) is 23.8 Å². The highest BCUT2D eigenvalue weighted by atomic mass is 16.5. The Hall–Kier alpha value is -13.3. The van der Waals surface area contributed by atoms with Gasteiger partial charge in [-0.25, -0.2) is 19.9 Å². The molecule has 0 amide bonds. The highest BCUT2D eigenvalue weighted by Gasteiger charge is 2.24. The predicted octanol–water partition coefficient (Wildman–Crippen LogP) is 17.6. The van der Waals surface area contributed by atoms with E-state index in [4.69, 9.17) is 44.4 Å². The molecule has 1 saturated heterocycles. The van der Waals surface area contributed by atoms with Crippen molar-refractivity contribution in [2.24, 2.45) is 0 Å². The number of hydrogen-bond donors (Lipinski definition) is 6. The molecule has 1 fully saturated rings. The van der Waals surface area contributed by atoms with E-state index in [1.807, 2.05) is 145 Å². The molecule has 0 saturated carbocycles. The molecule has 9 heterocycles. The molecule has 117 heavy (non-hydrogen) atoms. The number of imidazole rings is 4. The van der Waals surface area contributed by atoms with Crippen LogP contribution in [0.1, 0.15) is 126 Å². The topological polar surface area (TPSA) is 275 Å². The van der Waals surface area contributed by atoms with Crippen LogP contribution in [0.3, 0.4) is 0 Å². The van der Waals surface area contributed by atoms with E-state index < -0.39 is 0 Å². The Morgan fingerprint density at radius 2 is 0.692 bits per heavy atom. The van der Waals surface area contributed by atoms with Gasteiger partial charge >= 0.3 is 0 Å². The molecule has 0 aliphatic carbocycles. The van der Waals surface area contributed by atoms with Gasteiger partial charge < -0.3 is 74.3 Å². The maximum Gasteiger partial charge on any atom is 0.231 e. The first kappa shape index (κ1) is 81.7. The summed E-state index contributed by atoms with van der Waals surface area (Å²) in [6, 6.07) is 68.3. The molecule has 15 aromatic rings. The van der Waals surface area contributed by atoms with Crippen LogP contribution in [0, 0.1) is 0 Å². The normalized spacial score (nSPS) is 11.9. The summed E-state index contributed by atoms with van der Waals surface area (Å²) in [6.07, 6.45) is 9.78. The van der Waals surface area contributed by atoms with Crippen molar-refractivity contribution in [1.82, 2.24) is 83.0 Å². The minimum absolute atomic E-state index is 0.241. The molecule has 0 spiro atoms.